The second-order valence-corrected chi connectivity index (χ2v) is 4.83. The van der Waals surface area contributed by atoms with Crippen LogP contribution in [-0.2, 0) is 9.53 Å². The van der Waals surface area contributed by atoms with Gasteiger partial charge in [0.2, 0.25) is 0 Å². The zero-order valence-electron chi connectivity index (χ0n) is 8.86. The van der Waals surface area contributed by atoms with Gasteiger partial charge in [-0.3, -0.25) is 4.79 Å². The van der Waals surface area contributed by atoms with Gasteiger partial charge in [0.05, 0.1) is 23.8 Å². The molecule has 16 heavy (non-hydrogen) atoms. The van der Waals surface area contributed by atoms with Crippen molar-refractivity contribution in [2.45, 2.75) is 17.1 Å². The van der Waals surface area contributed by atoms with Crippen LogP contribution in [0.15, 0.2) is 23.1 Å². The molecule has 0 aliphatic rings. The number of ether oxygens (including phenoxy) is 1. The van der Waals surface area contributed by atoms with E-state index in [-0.39, 0.29) is 11.2 Å². The first-order valence-electron chi connectivity index (χ1n) is 4.52. The first-order valence-corrected chi connectivity index (χ1v) is 5.78. The first kappa shape index (κ1) is 12.9. The monoisotopic (exact) mass is 255 g/mol. The Morgan fingerprint density at radius 2 is 2.31 bits per heavy atom. The van der Waals surface area contributed by atoms with Gasteiger partial charge in [-0.15, -0.1) is 11.8 Å². The Balaban J connectivity index is 2.83. The lowest BCUT2D eigenvalue weighted by atomic mass is 10.2. The number of carbonyl (C=O) groups excluding carboxylic acids is 1. The third-order valence-corrected chi connectivity index (χ3v) is 3.48. The number of halogens is 1. The van der Waals surface area contributed by atoms with Crippen LogP contribution in [0.3, 0.4) is 0 Å². The summed E-state index contributed by atoms with van der Waals surface area (Å²) < 4.78 is 4.61. The Morgan fingerprint density at radius 3 is 2.81 bits per heavy atom. The van der Waals surface area contributed by atoms with E-state index in [1.54, 1.807) is 25.1 Å². The van der Waals surface area contributed by atoms with Crippen molar-refractivity contribution < 1.29 is 9.53 Å². The molecule has 5 heteroatoms. The number of methoxy groups -OCH3 is 1. The summed E-state index contributed by atoms with van der Waals surface area (Å²) in [5, 5.41) is 8.82. The van der Waals surface area contributed by atoms with Crippen molar-refractivity contribution in [2.75, 3.05) is 7.11 Å². The lowest BCUT2D eigenvalue weighted by Gasteiger charge is -2.09. The Hall–Kier alpha value is -1.18. The zero-order valence-corrected chi connectivity index (χ0v) is 10.4. The van der Waals surface area contributed by atoms with Crippen molar-refractivity contribution in [3.8, 4) is 6.07 Å². The minimum atomic E-state index is -0.324. The SMILES string of the molecule is COC(=O)[C@H](C)Sc1ccc(C#N)cc1Cl. The number of nitrogens with zero attached hydrogens (tertiary/aromatic N) is 1. The zero-order chi connectivity index (χ0) is 12.1. The molecule has 0 aliphatic carbocycles. The molecule has 1 atom stereocenters. The van der Waals surface area contributed by atoms with Crippen LogP contribution in [0.1, 0.15) is 12.5 Å². The maximum atomic E-state index is 11.2. The van der Waals surface area contributed by atoms with Crippen molar-refractivity contribution in [2.24, 2.45) is 0 Å². The standard InChI is InChI=1S/C11H10ClNO2S/c1-7(11(14)15-2)16-10-4-3-8(6-13)5-9(10)12/h3-5,7H,1-2H3/t7-/m0/s1. The molecule has 1 rings (SSSR count). The van der Waals surface area contributed by atoms with Crippen LogP contribution in [0.25, 0.3) is 0 Å². The Morgan fingerprint density at radius 1 is 1.62 bits per heavy atom. The molecule has 0 saturated carbocycles. The molecule has 0 radical (unpaired) electrons. The van der Waals surface area contributed by atoms with Gasteiger partial charge in [-0.2, -0.15) is 5.26 Å². The normalized spacial score (nSPS) is 11.6. The Labute approximate surface area is 103 Å². The fourth-order valence-electron chi connectivity index (χ4n) is 1.07. The van der Waals surface area contributed by atoms with Gasteiger partial charge in [-0.05, 0) is 25.1 Å². The van der Waals surface area contributed by atoms with E-state index in [1.165, 1.54) is 18.9 Å². The summed E-state index contributed by atoms with van der Waals surface area (Å²) in [5.74, 6) is -0.301. The van der Waals surface area contributed by atoms with Crippen molar-refractivity contribution >= 4 is 29.3 Å². The van der Waals surface area contributed by atoms with Gasteiger partial charge < -0.3 is 4.74 Å². The molecule has 0 bridgehead atoms. The quantitative estimate of drug-likeness (QED) is 0.616. The molecule has 3 nitrogen and oxygen atoms in total. The number of esters is 1. The van der Waals surface area contributed by atoms with Gasteiger partial charge >= 0.3 is 5.97 Å². The van der Waals surface area contributed by atoms with E-state index in [9.17, 15) is 4.79 Å². The molecule has 0 aromatic heterocycles. The highest BCUT2D eigenvalue weighted by Crippen LogP contribution is 2.31. The number of thioether (sulfide) groups is 1. The van der Waals surface area contributed by atoms with Crippen LogP contribution < -0.4 is 0 Å². The number of hydrogen-bond donors (Lipinski definition) is 0. The fourth-order valence-corrected chi connectivity index (χ4v) is 2.28. The van der Waals surface area contributed by atoms with Gasteiger partial charge in [-0.1, -0.05) is 11.6 Å². The van der Waals surface area contributed by atoms with E-state index in [0.717, 1.165) is 4.90 Å². The van der Waals surface area contributed by atoms with E-state index in [1.807, 2.05) is 6.07 Å². The predicted molar refractivity (Wildman–Crippen MR) is 63.5 cm³/mol. The summed E-state index contributed by atoms with van der Waals surface area (Å²) in [5.41, 5.74) is 0.500. The minimum Gasteiger partial charge on any atom is -0.468 e. The van der Waals surface area contributed by atoms with E-state index < -0.39 is 0 Å². The fraction of sp³-hybridized carbons (Fsp3) is 0.273. The maximum absolute atomic E-state index is 11.2. The van der Waals surface area contributed by atoms with Crippen molar-refractivity contribution in [1.82, 2.24) is 0 Å². The van der Waals surface area contributed by atoms with Gasteiger partial charge in [0.15, 0.2) is 0 Å². The van der Waals surface area contributed by atoms with Crippen LogP contribution in [0, 0.1) is 11.3 Å². The average Bonchev–Trinajstić information content (AvgIpc) is 2.30. The van der Waals surface area contributed by atoms with Crippen LogP contribution in [0.4, 0.5) is 0 Å². The van der Waals surface area contributed by atoms with E-state index >= 15 is 0 Å². The molecular formula is C11H10ClNO2S. The molecule has 0 N–H and O–H groups in total. The molecule has 0 spiro atoms. The molecule has 0 heterocycles. The third kappa shape index (κ3) is 3.16. The second kappa shape index (κ2) is 5.78. The number of nitriles is 1. The van der Waals surface area contributed by atoms with Gasteiger partial charge in [0.1, 0.15) is 5.25 Å². The highest BCUT2D eigenvalue weighted by molar-refractivity contribution is 8.00. The smallest absolute Gasteiger partial charge is 0.318 e. The molecule has 0 saturated heterocycles. The first-order chi connectivity index (χ1) is 7.58. The largest absolute Gasteiger partial charge is 0.468 e. The molecule has 1 aromatic carbocycles. The Bertz CT molecular complexity index is 442. The number of benzene rings is 1. The highest BCUT2D eigenvalue weighted by Gasteiger charge is 2.16. The molecule has 0 unspecified atom stereocenters. The molecule has 84 valence electrons. The topological polar surface area (TPSA) is 50.1 Å². The number of rotatable bonds is 3. The number of carbonyl (C=O) groups is 1. The number of hydrogen-bond acceptors (Lipinski definition) is 4. The van der Waals surface area contributed by atoms with Gasteiger partial charge in [-0.25, -0.2) is 0 Å². The summed E-state index contributed by atoms with van der Waals surface area (Å²) in [4.78, 5) is 12.0. The van der Waals surface area contributed by atoms with Gasteiger partial charge in [0.25, 0.3) is 0 Å². The van der Waals surface area contributed by atoms with E-state index in [2.05, 4.69) is 4.74 Å². The highest BCUT2D eigenvalue weighted by atomic mass is 35.5. The predicted octanol–water partition coefficient (Wildman–Crippen LogP) is 2.87. The van der Waals surface area contributed by atoms with Crippen LogP contribution >= 0.6 is 23.4 Å². The molecule has 1 aromatic rings. The average molecular weight is 256 g/mol. The van der Waals surface area contributed by atoms with Gasteiger partial charge in [0, 0.05) is 4.90 Å². The molecule has 0 aliphatic heterocycles. The van der Waals surface area contributed by atoms with Crippen LogP contribution in [0.5, 0.6) is 0 Å². The van der Waals surface area contributed by atoms with Crippen molar-refractivity contribution in [3.05, 3.63) is 28.8 Å². The van der Waals surface area contributed by atoms with E-state index in [4.69, 9.17) is 16.9 Å². The second-order valence-electron chi connectivity index (χ2n) is 3.04. The van der Waals surface area contributed by atoms with E-state index in [0.29, 0.717) is 10.6 Å². The van der Waals surface area contributed by atoms with Crippen LogP contribution in [-0.4, -0.2) is 18.3 Å². The van der Waals surface area contributed by atoms with Crippen molar-refractivity contribution in [3.63, 3.8) is 0 Å². The van der Waals surface area contributed by atoms with Crippen LogP contribution in [0.2, 0.25) is 5.02 Å². The summed E-state index contributed by atoms with van der Waals surface area (Å²) in [6, 6.07) is 6.97. The Kier molecular flexibility index (Phi) is 4.66. The summed E-state index contributed by atoms with van der Waals surface area (Å²) >= 11 is 7.28. The molecular weight excluding hydrogens is 246 g/mol. The molecule has 0 amide bonds. The third-order valence-electron chi connectivity index (χ3n) is 1.90. The lowest BCUT2D eigenvalue weighted by Crippen LogP contribution is -2.14. The van der Waals surface area contributed by atoms with Crippen molar-refractivity contribution in [1.29, 1.82) is 5.26 Å². The lowest BCUT2D eigenvalue weighted by molar-refractivity contribution is -0.139. The summed E-state index contributed by atoms with van der Waals surface area (Å²) in [6.07, 6.45) is 0. The minimum absolute atomic E-state index is 0.301. The summed E-state index contributed by atoms with van der Waals surface area (Å²) in [6.45, 7) is 1.74. The summed E-state index contributed by atoms with van der Waals surface area (Å²) in [7, 11) is 1.35. The molecule has 0 fully saturated rings. The maximum Gasteiger partial charge on any atom is 0.318 e.